The Hall–Kier alpha value is -2.04. The summed E-state index contributed by atoms with van der Waals surface area (Å²) in [7, 11) is 0. The summed E-state index contributed by atoms with van der Waals surface area (Å²) in [6.07, 6.45) is 12.6. The summed E-state index contributed by atoms with van der Waals surface area (Å²) >= 11 is 0. The second kappa shape index (κ2) is 13.7. The third-order valence-corrected chi connectivity index (χ3v) is 16.3. The van der Waals surface area contributed by atoms with Crippen molar-refractivity contribution in [2.45, 2.75) is 151 Å². The zero-order chi connectivity index (χ0) is 37.2. The lowest BCUT2D eigenvalue weighted by Crippen LogP contribution is -2.69. The van der Waals surface area contributed by atoms with Crippen LogP contribution in [-0.4, -0.2) is 69.3 Å². The molecule has 0 radical (unpaired) electrons. The van der Waals surface area contributed by atoms with Gasteiger partial charge in [-0.25, -0.2) is 0 Å². The monoisotopic (exact) mass is 711 g/mol. The highest BCUT2D eigenvalue weighted by Gasteiger charge is 2.72. The zero-order valence-electron chi connectivity index (χ0n) is 33.6. The number of ether oxygens (including phenoxy) is 2. The van der Waals surface area contributed by atoms with Crippen LogP contribution in [0.25, 0.3) is 0 Å². The maximum Gasteiger partial charge on any atom is 0.307 e. The van der Waals surface area contributed by atoms with Gasteiger partial charge in [0.2, 0.25) is 0 Å². The van der Waals surface area contributed by atoms with Crippen molar-refractivity contribution in [1.29, 1.82) is 0 Å². The van der Waals surface area contributed by atoms with E-state index in [2.05, 4.69) is 96.0 Å². The summed E-state index contributed by atoms with van der Waals surface area (Å²) < 4.78 is 14.0. The fraction of sp³-hybridized carbons (Fsp3) is 0.902. The number of tetrazole rings is 1. The van der Waals surface area contributed by atoms with E-state index < -0.39 is 11.9 Å². The van der Waals surface area contributed by atoms with Crippen molar-refractivity contribution >= 4 is 11.9 Å². The Morgan fingerprint density at radius 1 is 1.14 bits per heavy atom. The van der Waals surface area contributed by atoms with E-state index in [-0.39, 0.29) is 50.7 Å². The van der Waals surface area contributed by atoms with Gasteiger partial charge in [-0.15, -0.1) is 5.10 Å². The number of nitrogen functional groups attached to an aromatic ring is 1. The Kier molecular flexibility index (Phi) is 10.4. The maximum atomic E-state index is 13.5. The van der Waals surface area contributed by atoms with Crippen LogP contribution in [0.2, 0.25) is 0 Å². The van der Waals surface area contributed by atoms with Crippen molar-refractivity contribution in [3.05, 3.63) is 11.6 Å². The van der Waals surface area contributed by atoms with E-state index in [0.717, 1.165) is 57.9 Å². The first-order valence-electron chi connectivity index (χ1n) is 20.4. The van der Waals surface area contributed by atoms with Gasteiger partial charge in [0.15, 0.2) is 0 Å². The molecule has 4 fully saturated rings. The minimum absolute atomic E-state index is 0.143. The predicted molar refractivity (Wildman–Crippen MR) is 201 cm³/mol. The number of aromatic nitrogens is 4. The molecule has 2 heterocycles. The Morgan fingerprint density at radius 3 is 2.51 bits per heavy atom. The second-order valence-corrected chi connectivity index (χ2v) is 19.4. The Labute approximate surface area is 307 Å². The van der Waals surface area contributed by atoms with Crippen LogP contribution in [-0.2, 0) is 14.3 Å². The normalized spacial score (nSPS) is 42.3. The highest BCUT2D eigenvalue weighted by atomic mass is 16.5. The van der Waals surface area contributed by atoms with Crippen molar-refractivity contribution < 1.29 is 19.4 Å². The van der Waals surface area contributed by atoms with Gasteiger partial charge < -0.3 is 25.6 Å². The van der Waals surface area contributed by atoms with Crippen molar-refractivity contribution in [2.24, 2.45) is 56.7 Å². The molecule has 4 N–H and O–H groups in total. The number of carboxylic acid groups (broad SMARTS) is 1. The first-order chi connectivity index (χ1) is 24.0. The van der Waals surface area contributed by atoms with Crippen LogP contribution < -0.4 is 11.1 Å². The smallest absolute Gasteiger partial charge is 0.307 e. The molecule has 1 aromatic heterocycles. The maximum absolute atomic E-state index is 13.5. The van der Waals surface area contributed by atoms with Crippen LogP contribution in [0.3, 0.4) is 0 Å². The zero-order valence-corrected chi connectivity index (χ0v) is 33.6. The van der Waals surface area contributed by atoms with Crippen LogP contribution >= 0.6 is 0 Å². The third kappa shape index (κ3) is 5.91. The molecule has 0 amide bonds. The molecule has 1 unspecified atom stereocenters. The number of carbonyl (C=O) groups is 1. The molecule has 2 bridgehead atoms. The summed E-state index contributed by atoms with van der Waals surface area (Å²) in [5, 5.41) is 28.2. The third-order valence-electron chi connectivity index (χ3n) is 16.3. The molecule has 1 saturated heterocycles. The van der Waals surface area contributed by atoms with E-state index in [1.54, 1.807) is 4.80 Å². The van der Waals surface area contributed by atoms with E-state index >= 15 is 0 Å². The second-order valence-electron chi connectivity index (χ2n) is 19.4. The molecule has 51 heavy (non-hydrogen) atoms. The van der Waals surface area contributed by atoms with Gasteiger partial charge in [0, 0.05) is 16.4 Å². The molecule has 10 heteroatoms. The minimum Gasteiger partial charge on any atom is -0.481 e. The fourth-order valence-electron chi connectivity index (χ4n) is 13.2. The average molecular weight is 711 g/mol. The number of allylic oxidation sites excluding steroid dienone is 1. The van der Waals surface area contributed by atoms with Crippen molar-refractivity contribution in [3.8, 4) is 0 Å². The molecular formula is C41H70N6O4. The molecule has 3 saturated carbocycles. The Morgan fingerprint density at radius 2 is 1.88 bits per heavy atom. The van der Waals surface area contributed by atoms with Gasteiger partial charge in [0.1, 0.15) is 6.04 Å². The molecule has 1 aromatic rings. The number of anilines is 1. The quantitative estimate of drug-likeness (QED) is 0.139. The van der Waals surface area contributed by atoms with E-state index in [1.165, 1.54) is 18.4 Å². The number of aliphatic carboxylic acids is 1. The van der Waals surface area contributed by atoms with Gasteiger partial charge in [-0.1, -0.05) is 98.3 Å². The summed E-state index contributed by atoms with van der Waals surface area (Å²) in [5.41, 5.74) is 6.22. The number of unbranched alkanes of at least 4 members (excludes halogenated alkanes) is 2. The number of hydrogen-bond acceptors (Lipinski definition) is 8. The molecule has 4 aliphatic carbocycles. The first-order valence-corrected chi connectivity index (χ1v) is 20.4. The highest BCUT2D eigenvalue weighted by Crippen LogP contribution is 2.75. The Bertz CT molecular complexity index is 1460. The molecule has 12 atom stereocenters. The van der Waals surface area contributed by atoms with Gasteiger partial charge in [-0.2, -0.15) is 4.80 Å². The number of carboxylic acids is 1. The van der Waals surface area contributed by atoms with Crippen LogP contribution in [0, 0.1) is 56.7 Å². The van der Waals surface area contributed by atoms with Gasteiger partial charge >= 0.3 is 5.97 Å². The molecular weight excluding hydrogens is 640 g/mol. The molecule has 6 rings (SSSR count). The molecule has 1 aliphatic heterocycles. The van der Waals surface area contributed by atoms with Gasteiger partial charge in [0.05, 0.1) is 31.8 Å². The van der Waals surface area contributed by atoms with Crippen molar-refractivity contribution in [3.63, 3.8) is 0 Å². The van der Waals surface area contributed by atoms with Gasteiger partial charge in [0.25, 0.3) is 5.95 Å². The van der Waals surface area contributed by atoms with E-state index in [0.29, 0.717) is 43.5 Å². The van der Waals surface area contributed by atoms with Crippen molar-refractivity contribution in [2.75, 3.05) is 32.1 Å². The lowest BCUT2D eigenvalue weighted by Gasteiger charge is -2.71. The topological polar surface area (TPSA) is 137 Å². The summed E-state index contributed by atoms with van der Waals surface area (Å²) in [6.45, 7) is 25.7. The van der Waals surface area contributed by atoms with Gasteiger partial charge in [-0.3, -0.25) is 4.79 Å². The van der Waals surface area contributed by atoms with Crippen molar-refractivity contribution in [1.82, 2.24) is 25.5 Å². The standard InChI is InChI=1S/C41H70N6O4/c1-11-13-14-18-36(6,43-12-2)23-51-33-30(47-45-35(42)44-46-47)22-41-25-50-24-38(33,8)31(41)16-15-28-29(41)17-19-40(10)32(34(48)49)37(7,27(5)26(3)4)20-21-39(28,40)9/h17,26-28,30-33,43H,11-16,18-25H2,1-10H3,(H2,42,45)(H,48,49)/t27-,28+,30-,31+,32-,33+,36?,37-,38-,39-,40+,41+/m1/s1. The SMILES string of the molecule is CCCCCC(C)(CO[C@H]1[C@H](n2nnc(N)n2)C[C@@]23COC[C@]1(C)[C@@H]2CC[C@H]1C3=CC[C@@]2(C)[C@H](C(=O)O)[C@@](C)([C@H](C)C(C)C)CC[C@]12C)NCC. The number of nitrogens with zero attached hydrogens (tertiary/aromatic N) is 4. The lowest BCUT2D eigenvalue weighted by atomic mass is 9.34. The molecule has 288 valence electrons. The summed E-state index contributed by atoms with van der Waals surface area (Å²) in [5.74, 6) is 0.540. The van der Waals surface area contributed by atoms with Gasteiger partial charge in [-0.05, 0) is 104 Å². The van der Waals surface area contributed by atoms with Crippen LogP contribution in [0.4, 0.5) is 5.95 Å². The van der Waals surface area contributed by atoms with E-state index in [4.69, 9.17) is 15.2 Å². The first kappa shape index (κ1) is 38.7. The minimum atomic E-state index is -0.623. The molecule has 0 aromatic carbocycles. The average Bonchev–Trinajstić information content (AvgIpc) is 3.50. The fourth-order valence-corrected chi connectivity index (χ4v) is 13.2. The van der Waals surface area contributed by atoms with Crippen LogP contribution in [0.15, 0.2) is 11.6 Å². The summed E-state index contributed by atoms with van der Waals surface area (Å²) in [6, 6.07) is -0.157. The molecule has 10 nitrogen and oxygen atoms in total. The van der Waals surface area contributed by atoms with E-state index in [1.807, 2.05) is 0 Å². The number of rotatable bonds is 13. The summed E-state index contributed by atoms with van der Waals surface area (Å²) in [4.78, 5) is 15.2. The number of hydrogen-bond donors (Lipinski definition) is 3. The Balaban J connectivity index is 1.40. The van der Waals surface area contributed by atoms with Crippen LogP contribution in [0.1, 0.15) is 139 Å². The number of nitrogens with two attached hydrogens (primary N) is 1. The van der Waals surface area contributed by atoms with E-state index in [9.17, 15) is 9.90 Å². The lowest BCUT2D eigenvalue weighted by molar-refractivity contribution is -0.254. The molecule has 0 spiro atoms. The molecule has 5 aliphatic rings. The largest absolute Gasteiger partial charge is 0.481 e. The van der Waals surface area contributed by atoms with Crippen LogP contribution in [0.5, 0.6) is 0 Å². The number of likely N-dealkylation sites (N-methyl/N-ethyl adjacent to an activating group) is 1. The highest BCUT2D eigenvalue weighted by molar-refractivity contribution is 5.73. The number of nitrogens with one attached hydrogen (secondary N) is 1. The number of fused-ring (bicyclic) bond motifs is 3. The predicted octanol–water partition coefficient (Wildman–Crippen LogP) is 7.72.